The highest BCUT2D eigenvalue weighted by Crippen LogP contribution is 2.19. The highest BCUT2D eigenvalue weighted by Gasteiger charge is 2.14. The average Bonchev–Trinajstić information content (AvgIpc) is 2.78. The van der Waals surface area contributed by atoms with Crippen molar-refractivity contribution in [3.8, 4) is 0 Å². The first-order valence-corrected chi connectivity index (χ1v) is 6.94. The molecule has 0 fully saturated rings. The van der Waals surface area contributed by atoms with Crippen LogP contribution in [0.3, 0.4) is 0 Å². The number of benzene rings is 1. The molecule has 3 nitrogen and oxygen atoms in total. The molecular formula is C14H18BrN3. The zero-order valence-corrected chi connectivity index (χ0v) is 12.3. The molecule has 0 radical (unpaired) electrons. The zero-order chi connectivity index (χ0) is 13.0. The van der Waals surface area contributed by atoms with Crippen LogP contribution >= 0.6 is 15.9 Å². The van der Waals surface area contributed by atoms with E-state index in [4.69, 9.17) is 0 Å². The summed E-state index contributed by atoms with van der Waals surface area (Å²) in [7, 11) is 2.04. The minimum atomic E-state index is 0.309. The highest BCUT2D eigenvalue weighted by molar-refractivity contribution is 9.10. The fraction of sp³-hybridized carbons (Fsp3) is 0.357. The molecular weight excluding hydrogens is 290 g/mol. The van der Waals surface area contributed by atoms with Crippen molar-refractivity contribution in [1.82, 2.24) is 14.9 Å². The van der Waals surface area contributed by atoms with Crippen LogP contribution in [0.1, 0.15) is 24.2 Å². The molecule has 18 heavy (non-hydrogen) atoms. The van der Waals surface area contributed by atoms with Gasteiger partial charge in [-0.15, -0.1) is 0 Å². The number of hydrogen-bond donors (Lipinski definition) is 1. The van der Waals surface area contributed by atoms with Crippen molar-refractivity contribution in [3.63, 3.8) is 0 Å². The van der Waals surface area contributed by atoms with E-state index >= 15 is 0 Å². The van der Waals surface area contributed by atoms with Gasteiger partial charge < -0.3 is 9.88 Å². The fourth-order valence-corrected chi connectivity index (χ4v) is 2.35. The van der Waals surface area contributed by atoms with E-state index < -0.39 is 0 Å². The minimum Gasteiger partial charge on any atom is -0.336 e. The topological polar surface area (TPSA) is 29.9 Å². The normalized spacial score (nSPS) is 12.6. The Bertz CT molecular complexity index is 490. The number of likely N-dealkylation sites (N-methyl/N-ethyl adjacent to an activating group) is 1. The molecule has 0 amide bonds. The van der Waals surface area contributed by atoms with E-state index in [9.17, 15) is 0 Å². The van der Waals surface area contributed by atoms with Gasteiger partial charge in [0.1, 0.15) is 0 Å². The number of nitrogens with zero attached hydrogens (tertiary/aromatic N) is 2. The summed E-state index contributed by atoms with van der Waals surface area (Å²) in [6.45, 7) is 3.08. The van der Waals surface area contributed by atoms with E-state index in [0.717, 1.165) is 17.4 Å². The predicted octanol–water partition coefficient (Wildman–Crippen LogP) is 3.08. The van der Waals surface area contributed by atoms with Crippen LogP contribution < -0.4 is 5.32 Å². The highest BCUT2D eigenvalue weighted by atomic mass is 79.9. The molecule has 1 heterocycles. The van der Waals surface area contributed by atoms with Gasteiger partial charge in [-0.2, -0.15) is 0 Å². The number of aromatic nitrogens is 2. The lowest BCUT2D eigenvalue weighted by Gasteiger charge is -2.18. The maximum Gasteiger partial charge on any atom is 0.0946 e. The molecule has 0 spiro atoms. The second-order valence-electron chi connectivity index (χ2n) is 4.37. The van der Waals surface area contributed by atoms with Crippen LogP contribution in [0.2, 0.25) is 0 Å². The maximum atomic E-state index is 4.20. The lowest BCUT2D eigenvalue weighted by Crippen LogP contribution is -2.24. The van der Waals surface area contributed by atoms with Gasteiger partial charge in [0.15, 0.2) is 0 Å². The fourth-order valence-electron chi connectivity index (χ4n) is 2.09. The van der Waals surface area contributed by atoms with Crippen LogP contribution in [0.5, 0.6) is 0 Å². The first kappa shape index (κ1) is 13.3. The van der Waals surface area contributed by atoms with E-state index in [2.05, 4.69) is 62.0 Å². The van der Waals surface area contributed by atoms with Crippen molar-refractivity contribution in [2.45, 2.75) is 19.4 Å². The molecule has 0 saturated carbocycles. The molecule has 1 atom stereocenters. The Morgan fingerprint density at radius 2 is 2.06 bits per heavy atom. The average molecular weight is 308 g/mol. The van der Waals surface area contributed by atoms with Gasteiger partial charge in [-0.05, 0) is 30.7 Å². The Labute approximate surface area is 116 Å². The third-order valence-electron chi connectivity index (χ3n) is 3.01. The van der Waals surface area contributed by atoms with E-state index in [-0.39, 0.29) is 0 Å². The summed E-state index contributed by atoms with van der Waals surface area (Å²) in [4.78, 5) is 4.20. The second-order valence-corrected chi connectivity index (χ2v) is 5.29. The molecule has 0 saturated heterocycles. The van der Waals surface area contributed by atoms with Gasteiger partial charge in [0.2, 0.25) is 0 Å². The summed E-state index contributed by atoms with van der Waals surface area (Å²) in [5.74, 6) is 0. The second kappa shape index (κ2) is 6.16. The van der Waals surface area contributed by atoms with Crippen molar-refractivity contribution in [3.05, 3.63) is 52.5 Å². The Kier molecular flexibility index (Phi) is 4.55. The molecule has 1 N–H and O–H groups in total. The standard InChI is InChI=1S/C14H18BrN3/c1-3-17-13(14-9-16-10-18(14)2)8-11-4-6-12(15)7-5-11/h4-7,9-10,13,17H,3,8H2,1-2H3. The van der Waals surface area contributed by atoms with E-state index in [1.54, 1.807) is 0 Å². The number of hydrogen-bond acceptors (Lipinski definition) is 2. The van der Waals surface area contributed by atoms with Crippen LogP contribution in [0, 0.1) is 0 Å². The number of imidazole rings is 1. The van der Waals surface area contributed by atoms with Crippen molar-refractivity contribution in [1.29, 1.82) is 0 Å². The van der Waals surface area contributed by atoms with Crippen molar-refractivity contribution < 1.29 is 0 Å². The molecule has 2 rings (SSSR count). The van der Waals surface area contributed by atoms with Crippen LogP contribution in [0.4, 0.5) is 0 Å². The number of halogens is 1. The van der Waals surface area contributed by atoms with E-state index in [1.807, 2.05) is 19.6 Å². The van der Waals surface area contributed by atoms with Gasteiger partial charge in [-0.3, -0.25) is 0 Å². The molecule has 2 aromatic rings. The van der Waals surface area contributed by atoms with Crippen LogP contribution in [-0.2, 0) is 13.5 Å². The summed E-state index contributed by atoms with van der Waals surface area (Å²) < 4.78 is 3.19. The van der Waals surface area contributed by atoms with Crippen molar-refractivity contribution in [2.24, 2.45) is 7.05 Å². The zero-order valence-electron chi connectivity index (χ0n) is 10.7. The van der Waals surface area contributed by atoms with E-state index in [0.29, 0.717) is 6.04 Å². The maximum absolute atomic E-state index is 4.20. The predicted molar refractivity (Wildman–Crippen MR) is 77.5 cm³/mol. The van der Waals surface area contributed by atoms with Crippen molar-refractivity contribution >= 4 is 15.9 Å². The molecule has 1 aromatic heterocycles. The molecule has 96 valence electrons. The number of nitrogens with one attached hydrogen (secondary N) is 1. The van der Waals surface area contributed by atoms with Gasteiger partial charge in [-0.1, -0.05) is 35.0 Å². The Balaban J connectivity index is 2.16. The van der Waals surface area contributed by atoms with Crippen LogP contribution in [0.15, 0.2) is 41.3 Å². The van der Waals surface area contributed by atoms with Gasteiger partial charge in [0.05, 0.1) is 18.1 Å². The molecule has 4 heteroatoms. The molecule has 0 bridgehead atoms. The van der Waals surface area contributed by atoms with Crippen LogP contribution in [0.25, 0.3) is 0 Å². The van der Waals surface area contributed by atoms with Crippen LogP contribution in [-0.4, -0.2) is 16.1 Å². The number of aryl methyl sites for hydroxylation is 1. The van der Waals surface area contributed by atoms with Gasteiger partial charge in [-0.25, -0.2) is 4.98 Å². The third kappa shape index (κ3) is 3.21. The van der Waals surface area contributed by atoms with Gasteiger partial charge in [0, 0.05) is 17.7 Å². The summed E-state index contributed by atoms with van der Waals surface area (Å²) in [5.41, 5.74) is 2.55. The monoisotopic (exact) mass is 307 g/mol. The lowest BCUT2D eigenvalue weighted by molar-refractivity contribution is 0.520. The Hall–Kier alpha value is -1.13. The smallest absolute Gasteiger partial charge is 0.0946 e. The summed E-state index contributed by atoms with van der Waals surface area (Å²) in [5, 5.41) is 3.52. The molecule has 0 aliphatic carbocycles. The first-order chi connectivity index (χ1) is 8.70. The Morgan fingerprint density at radius 1 is 1.33 bits per heavy atom. The third-order valence-corrected chi connectivity index (χ3v) is 3.54. The number of rotatable bonds is 5. The van der Waals surface area contributed by atoms with Gasteiger partial charge in [0.25, 0.3) is 0 Å². The summed E-state index contributed by atoms with van der Waals surface area (Å²) in [6.07, 6.45) is 4.76. The molecule has 0 aliphatic heterocycles. The van der Waals surface area contributed by atoms with Crippen molar-refractivity contribution in [2.75, 3.05) is 6.54 Å². The summed E-state index contributed by atoms with van der Waals surface area (Å²) in [6, 6.07) is 8.79. The molecule has 0 aliphatic rings. The molecule has 1 unspecified atom stereocenters. The quantitative estimate of drug-likeness (QED) is 0.920. The Morgan fingerprint density at radius 3 is 2.61 bits per heavy atom. The minimum absolute atomic E-state index is 0.309. The summed E-state index contributed by atoms with van der Waals surface area (Å²) >= 11 is 3.46. The van der Waals surface area contributed by atoms with Gasteiger partial charge >= 0.3 is 0 Å². The lowest BCUT2D eigenvalue weighted by atomic mass is 10.0. The SMILES string of the molecule is CCNC(Cc1ccc(Br)cc1)c1cncn1C. The van der Waals surface area contributed by atoms with E-state index in [1.165, 1.54) is 11.3 Å². The molecule has 1 aromatic carbocycles. The first-order valence-electron chi connectivity index (χ1n) is 6.14. The largest absolute Gasteiger partial charge is 0.336 e.